The van der Waals surface area contributed by atoms with Crippen molar-refractivity contribution in [3.05, 3.63) is 29.8 Å². The van der Waals surface area contributed by atoms with Crippen LogP contribution in [0.4, 0.5) is 0 Å². The molecule has 0 radical (unpaired) electrons. The van der Waals surface area contributed by atoms with E-state index in [0.717, 1.165) is 37.4 Å². The van der Waals surface area contributed by atoms with E-state index in [0.29, 0.717) is 0 Å². The van der Waals surface area contributed by atoms with E-state index in [1.165, 1.54) is 31.5 Å². The Hall–Kier alpha value is -1.06. The van der Waals surface area contributed by atoms with Crippen LogP contribution >= 0.6 is 0 Å². The normalized spacial score (nSPS) is 27.2. The Bertz CT molecular complexity index is 421. The Kier molecular flexibility index (Phi) is 4.04. The molecule has 0 aliphatic carbocycles. The smallest absolute Gasteiger partial charge is 0.119 e. The summed E-state index contributed by atoms with van der Waals surface area (Å²) < 4.78 is 5.88. The van der Waals surface area contributed by atoms with Gasteiger partial charge >= 0.3 is 0 Å². The molecule has 3 heteroatoms. The zero-order chi connectivity index (χ0) is 13.1. The molecule has 1 N–H and O–H groups in total. The van der Waals surface area contributed by atoms with E-state index >= 15 is 0 Å². The third-order valence-electron chi connectivity index (χ3n) is 4.43. The van der Waals surface area contributed by atoms with Gasteiger partial charge in [0, 0.05) is 19.1 Å². The van der Waals surface area contributed by atoms with Crippen molar-refractivity contribution in [2.45, 2.75) is 25.8 Å². The van der Waals surface area contributed by atoms with Gasteiger partial charge in [-0.15, -0.1) is 0 Å². The fraction of sp³-hybridized carbons (Fsp3) is 0.625. The average molecular weight is 260 g/mol. The molecule has 2 fully saturated rings. The number of hydrogen-bond donors (Lipinski definition) is 1. The maximum absolute atomic E-state index is 5.88. The van der Waals surface area contributed by atoms with Crippen LogP contribution in [0.25, 0.3) is 0 Å². The van der Waals surface area contributed by atoms with Crippen LogP contribution in [0.3, 0.4) is 0 Å². The number of likely N-dealkylation sites (tertiary alicyclic amines) is 1. The maximum Gasteiger partial charge on any atom is 0.119 e. The Balaban J connectivity index is 1.49. The van der Waals surface area contributed by atoms with E-state index in [-0.39, 0.29) is 0 Å². The summed E-state index contributed by atoms with van der Waals surface area (Å²) in [6, 6.07) is 9.06. The molecule has 2 atom stereocenters. The number of nitrogens with one attached hydrogen (secondary N) is 1. The molecule has 2 saturated heterocycles. The van der Waals surface area contributed by atoms with Gasteiger partial charge in [-0.3, -0.25) is 4.90 Å². The number of benzene rings is 1. The van der Waals surface area contributed by atoms with Gasteiger partial charge in [0.2, 0.25) is 0 Å². The SMILES string of the molecule is Cc1cccc(OCCN2CCCC3CNCC32)c1. The molecule has 0 spiro atoms. The van der Waals surface area contributed by atoms with E-state index in [4.69, 9.17) is 4.74 Å². The van der Waals surface area contributed by atoms with Crippen molar-refractivity contribution in [2.24, 2.45) is 5.92 Å². The lowest BCUT2D eigenvalue weighted by atomic mass is 9.92. The van der Waals surface area contributed by atoms with Crippen LogP contribution in [-0.2, 0) is 0 Å². The van der Waals surface area contributed by atoms with Crippen molar-refractivity contribution in [3.63, 3.8) is 0 Å². The highest BCUT2D eigenvalue weighted by Gasteiger charge is 2.34. The van der Waals surface area contributed by atoms with E-state index in [2.05, 4.69) is 35.3 Å². The Morgan fingerprint density at radius 3 is 3.21 bits per heavy atom. The van der Waals surface area contributed by atoms with Crippen molar-refractivity contribution in [3.8, 4) is 5.75 Å². The van der Waals surface area contributed by atoms with Crippen LogP contribution in [0.2, 0.25) is 0 Å². The van der Waals surface area contributed by atoms with Crippen molar-refractivity contribution < 1.29 is 4.74 Å². The molecule has 2 aliphatic heterocycles. The second kappa shape index (κ2) is 5.93. The highest BCUT2D eigenvalue weighted by atomic mass is 16.5. The van der Waals surface area contributed by atoms with Gasteiger partial charge in [0.1, 0.15) is 12.4 Å². The summed E-state index contributed by atoms with van der Waals surface area (Å²) in [5.41, 5.74) is 1.26. The Morgan fingerprint density at radius 2 is 2.32 bits per heavy atom. The topological polar surface area (TPSA) is 24.5 Å². The minimum Gasteiger partial charge on any atom is -0.492 e. The van der Waals surface area contributed by atoms with Gasteiger partial charge in [0.05, 0.1) is 0 Å². The summed E-state index contributed by atoms with van der Waals surface area (Å²) in [6.45, 7) is 7.56. The first kappa shape index (κ1) is 12.9. The van der Waals surface area contributed by atoms with Crippen molar-refractivity contribution in [1.29, 1.82) is 0 Å². The Morgan fingerprint density at radius 1 is 1.37 bits per heavy atom. The molecule has 1 aromatic carbocycles. The van der Waals surface area contributed by atoms with Gasteiger partial charge < -0.3 is 10.1 Å². The van der Waals surface area contributed by atoms with Crippen molar-refractivity contribution >= 4 is 0 Å². The quantitative estimate of drug-likeness (QED) is 0.897. The largest absolute Gasteiger partial charge is 0.492 e. The summed E-state index contributed by atoms with van der Waals surface area (Å²) in [5, 5.41) is 3.53. The predicted octanol–water partition coefficient (Wildman–Crippen LogP) is 2.06. The number of fused-ring (bicyclic) bond motifs is 1. The number of piperidine rings is 1. The van der Waals surface area contributed by atoms with Gasteiger partial charge in [-0.05, 0) is 56.5 Å². The lowest BCUT2D eigenvalue weighted by Crippen LogP contribution is -2.46. The third kappa shape index (κ3) is 3.10. The minimum atomic E-state index is 0.745. The average Bonchev–Trinajstić information content (AvgIpc) is 2.88. The molecule has 2 unspecified atom stereocenters. The van der Waals surface area contributed by atoms with E-state index in [1.54, 1.807) is 0 Å². The van der Waals surface area contributed by atoms with Crippen LogP contribution in [0.5, 0.6) is 5.75 Å². The molecule has 0 bridgehead atoms. The molecule has 0 saturated carbocycles. The molecule has 2 aliphatic rings. The Labute approximate surface area is 115 Å². The molecule has 0 aromatic heterocycles. The van der Waals surface area contributed by atoms with Crippen LogP contribution in [0, 0.1) is 12.8 Å². The van der Waals surface area contributed by atoms with E-state index < -0.39 is 0 Å². The second-order valence-corrected chi connectivity index (χ2v) is 5.83. The second-order valence-electron chi connectivity index (χ2n) is 5.83. The zero-order valence-corrected chi connectivity index (χ0v) is 11.8. The molecule has 19 heavy (non-hydrogen) atoms. The van der Waals surface area contributed by atoms with Crippen LogP contribution < -0.4 is 10.1 Å². The highest BCUT2D eigenvalue weighted by Crippen LogP contribution is 2.26. The predicted molar refractivity (Wildman–Crippen MR) is 77.6 cm³/mol. The number of rotatable bonds is 4. The summed E-state index contributed by atoms with van der Waals surface area (Å²) in [7, 11) is 0. The first-order valence-electron chi connectivity index (χ1n) is 7.47. The lowest BCUT2D eigenvalue weighted by Gasteiger charge is -2.36. The highest BCUT2D eigenvalue weighted by molar-refractivity contribution is 5.27. The maximum atomic E-state index is 5.88. The van der Waals surface area contributed by atoms with Gasteiger partial charge in [-0.2, -0.15) is 0 Å². The molecule has 1 aromatic rings. The first-order chi connectivity index (χ1) is 9.33. The molecular weight excluding hydrogens is 236 g/mol. The standard InChI is InChI=1S/C16H24N2O/c1-13-4-2-6-15(10-13)19-9-8-18-7-3-5-14-11-17-12-16(14)18/h2,4,6,10,14,16-17H,3,5,7-9,11-12H2,1H3. The minimum absolute atomic E-state index is 0.745. The van der Waals surface area contributed by atoms with Gasteiger partial charge in [0.15, 0.2) is 0 Å². The molecule has 3 nitrogen and oxygen atoms in total. The molecule has 104 valence electrons. The number of aryl methyl sites for hydroxylation is 1. The molecular formula is C16H24N2O. The number of nitrogens with zero attached hydrogens (tertiary/aromatic N) is 1. The summed E-state index contributed by atoms with van der Waals surface area (Å²) >= 11 is 0. The van der Waals surface area contributed by atoms with Crippen LogP contribution in [-0.4, -0.2) is 43.7 Å². The van der Waals surface area contributed by atoms with E-state index in [9.17, 15) is 0 Å². The van der Waals surface area contributed by atoms with Crippen molar-refractivity contribution in [2.75, 3.05) is 32.8 Å². The van der Waals surface area contributed by atoms with Crippen molar-refractivity contribution in [1.82, 2.24) is 10.2 Å². The molecule has 0 amide bonds. The summed E-state index contributed by atoms with van der Waals surface area (Å²) in [4.78, 5) is 2.62. The lowest BCUT2D eigenvalue weighted by molar-refractivity contribution is 0.105. The number of hydrogen-bond acceptors (Lipinski definition) is 3. The third-order valence-corrected chi connectivity index (χ3v) is 4.43. The summed E-state index contributed by atoms with van der Waals surface area (Å²) in [6.07, 6.45) is 2.74. The first-order valence-corrected chi connectivity index (χ1v) is 7.47. The molecule has 2 heterocycles. The summed E-state index contributed by atoms with van der Waals surface area (Å²) in [5.74, 6) is 1.87. The van der Waals surface area contributed by atoms with Gasteiger partial charge in [-0.25, -0.2) is 0 Å². The van der Waals surface area contributed by atoms with Crippen LogP contribution in [0.1, 0.15) is 18.4 Å². The monoisotopic (exact) mass is 260 g/mol. The number of ether oxygens (including phenoxy) is 1. The molecule has 3 rings (SSSR count). The van der Waals surface area contributed by atoms with Crippen LogP contribution in [0.15, 0.2) is 24.3 Å². The zero-order valence-electron chi connectivity index (χ0n) is 11.8. The van der Waals surface area contributed by atoms with Gasteiger partial charge in [0.25, 0.3) is 0 Å². The van der Waals surface area contributed by atoms with Gasteiger partial charge in [-0.1, -0.05) is 12.1 Å². The van der Waals surface area contributed by atoms with E-state index in [1.807, 2.05) is 6.07 Å². The fourth-order valence-corrected chi connectivity index (χ4v) is 3.43. The fourth-order valence-electron chi connectivity index (χ4n) is 3.43.